The minimum Gasteiger partial charge on any atom is -0.457 e. The highest BCUT2D eigenvalue weighted by molar-refractivity contribution is 5.91. The average molecular weight is 740 g/mol. The van der Waals surface area contributed by atoms with Crippen molar-refractivity contribution in [1.82, 2.24) is 9.97 Å². The van der Waals surface area contributed by atoms with E-state index in [4.69, 9.17) is 14.7 Å². The fourth-order valence-corrected chi connectivity index (χ4v) is 8.90. The van der Waals surface area contributed by atoms with Crippen LogP contribution in [0.25, 0.3) is 67.3 Å². The average Bonchev–Trinajstić information content (AvgIpc) is 3.59. The van der Waals surface area contributed by atoms with Gasteiger partial charge in [-0.25, -0.2) is 9.97 Å². The normalized spacial score (nSPS) is 14.4. The van der Waals surface area contributed by atoms with E-state index in [1.807, 2.05) is 60.7 Å². The van der Waals surface area contributed by atoms with Gasteiger partial charge in [0.15, 0.2) is 5.82 Å². The van der Waals surface area contributed by atoms with Crippen molar-refractivity contribution in [2.24, 2.45) is 0 Å². The molecule has 1 atom stereocenters. The summed E-state index contributed by atoms with van der Waals surface area (Å²) in [5.74, 6) is 2.35. The Morgan fingerprint density at radius 2 is 0.897 bits per heavy atom. The number of rotatable bonds is 5. The molecule has 8 aromatic carbocycles. The molecule has 270 valence electrons. The maximum absolute atomic E-state index is 9.29. The van der Waals surface area contributed by atoms with E-state index in [-0.39, 0.29) is 0 Å². The fraction of sp³-hybridized carbons (Fsp3) is 0.0185. The van der Waals surface area contributed by atoms with Gasteiger partial charge in [0.25, 0.3) is 0 Å². The molecule has 1 aromatic heterocycles. The maximum atomic E-state index is 9.29. The molecule has 58 heavy (non-hydrogen) atoms. The molecule has 4 nitrogen and oxygen atoms in total. The maximum Gasteiger partial charge on any atom is 0.160 e. The molecule has 1 unspecified atom stereocenters. The molecule has 0 saturated carbocycles. The highest BCUT2D eigenvalue weighted by Gasteiger charge is 2.51. The van der Waals surface area contributed by atoms with Crippen LogP contribution in [-0.4, -0.2) is 9.97 Å². The lowest BCUT2D eigenvalue weighted by Crippen LogP contribution is -2.32. The van der Waals surface area contributed by atoms with Crippen LogP contribution in [0.1, 0.15) is 27.8 Å². The Hall–Kier alpha value is -7.87. The quantitative estimate of drug-likeness (QED) is 0.176. The summed E-state index contributed by atoms with van der Waals surface area (Å²) in [6.07, 6.45) is 0. The van der Waals surface area contributed by atoms with E-state index in [1.54, 1.807) is 0 Å². The van der Waals surface area contributed by atoms with Crippen molar-refractivity contribution in [3.8, 4) is 84.9 Å². The lowest BCUT2D eigenvalue weighted by molar-refractivity contribution is 0.436. The molecule has 0 radical (unpaired) electrons. The van der Waals surface area contributed by atoms with Crippen molar-refractivity contribution in [2.75, 3.05) is 0 Å². The van der Waals surface area contributed by atoms with Gasteiger partial charge in [-0.15, -0.1) is 0 Å². The molecule has 0 saturated heterocycles. The zero-order valence-electron chi connectivity index (χ0n) is 31.3. The van der Waals surface area contributed by atoms with Crippen LogP contribution in [-0.2, 0) is 5.41 Å². The Labute approximate surface area is 337 Å². The predicted molar refractivity (Wildman–Crippen MR) is 231 cm³/mol. The van der Waals surface area contributed by atoms with Gasteiger partial charge >= 0.3 is 0 Å². The number of ether oxygens (including phenoxy) is 1. The Balaban J connectivity index is 1.11. The Kier molecular flexibility index (Phi) is 7.74. The first kappa shape index (κ1) is 33.5. The summed E-state index contributed by atoms with van der Waals surface area (Å²) in [6, 6.07) is 72.0. The molecule has 0 fully saturated rings. The van der Waals surface area contributed by atoms with E-state index < -0.39 is 5.41 Å². The Bertz CT molecular complexity index is 3020. The van der Waals surface area contributed by atoms with Gasteiger partial charge in [-0.2, -0.15) is 5.26 Å². The molecule has 9 aromatic rings. The van der Waals surface area contributed by atoms with Crippen molar-refractivity contribution in [3.63, 3.8) is 0 Å². The summed E-state index contributed by atoms with van der Waals surface area (Å²) in [4.78, 5) is 10.3. The standard InChI is InChI=1S/C54H33N3O/c55-34-35-19-21-36(22-20-35)37-23-25-38(26-24-37)41-27-29-44-43-15-7-8-16-45(43)54(47(44)31-41)46-17-9-10-18-51(46)58-52-30-28-42(32-48(52)54)50-33-49(39-11-3-1-4-12-39)56-53(57-50)40-13-5-2-6-14-40/h1-33H. The summed E-state index contributed by atoms with van der Waals surface area (Å²) in [7, 11) is 0. The van der Waals surface area contributed by atoms with Crippen LogP contribution in [0.2, 0.25) is 0 Å². The van der Waals surface area contributed by atoms with Gasteiger partial charge in [-0.05, 0) is 93.0 Å². The molecule has 2 aliphatic rings. The van der Waals surface area contributed by atoms with Crippen LogP contribution in [0.5, 0.6) is 11.5 Å². The molecule has 1 spiro atoms. The molecular weight excluding hydrogens is 707 g/mol. The second-order valence-electron chi connectivity index (χ2n) is 14.8. The van der Waals surface area contributed by atoms with Gasteiger partial charge < -0.3 is 4.74 Å². The smallest absolute Gasteiger partial charge is 0.160 e. The SMILES string of the molecule is N#Cc1ccc(-c2ccc(-c3ccc4c(c3)C3(c5ccccc5Oc5ccc(-c6cc(-c7ccccc7)nc(-c7ccccc7)n6)cc53)c3ccccc3-4)cc2)cc1. The summed E-state index contributed by atoms with van der Waals surface area (Å²) >= 11 is 0. The minimum absolute atomic E-state index is 0.655. The molecule has 0 amide bonds. The molecule has 11 rings (SSSR count). The van der Waals surface area contributed by atoms with Gasteiger partial charge in [-0.3, -0.25) is 0 Å². The lowest BCUT2D eigenvalue weighted by atomic mass is 9.65. The number of para-hydroxylation sites is 1. The van der Waals surface area contributed by atoms with E-state index in [2.05, 4.69) is 146 Å². The van der Waals surface area contributed by atoms with Gasteiger partial charge in [0.2, 0.25) is 0 Å². The molecular formula is C54H33N3O. The topological polar surface area (TPSA) is 58.8 Å². The fourth-order valence-electron chi connectivity index (χ4n) is 8.90. The number of fused-ring (bicyclic) bond motifs is 9. The molecule has 4 heteroatoms. The highest BCUT2D eigenvalue weighted by atomic mass is 16.5. The van der Waals surface area contributed by atoms with Crippen LogP contribution < -0.4 is 4.74 Å². The largest absolute Gasteiger partial charge is 0.457 e. The number of hydrogen-bond donors (Lipinski definition) is 0. The number of benzene rings is 8. The van der Waals surface area contributed by atoms with E-state index in [0.29, 0.717) is 11.4 Å². The van der Waals surface area contributed by atoms with E-state index in [1.165, 1.54) is 22.3 Å². The summed E-state index contributed by atoms with van der Waals surface area (Å²) in [6.45, 7) is 0. The zero-order valence-corrected chi connectivity index (χ0v) is 31.3. The van der Waals surface area contributed by atoms with Crippen LogP contribution in [0.15, 0.2) is 200 Å². The predicted octanol–water partition coefficient (Wildman–Crippen LogP) is 13.2. The third-order valence-corrected chi connectivity index (χ3v) is 11.6. The van der Waals surface area contributed by atoms with Crippen LogP contribution in [0.3, 0.4) is 0 Å². The van der Waals surface area contributed by atoms with Crippen molar-refractivity contribution in [3.05, 3.63) is 228 Å². The van der Waals surface area contributed by atoms with E-state index >= 15 is 0 Å². The Morgan fingerprint density at radius 3 is 1.62 bits per heavy atom. The number of nitrogens with zero attached hydrogens (tertiary/aromatic N) is 3. The van der Waals surface area contributed by atoms with Crippen molar-refractivity contribution in [2.45, 2.75) is 5.41 Å². The summed E-state index contributed by atoms with van der Waals surface area (Å²) in [5.41, 5.74) is 16.2. The van der Waals surface area contributed by atoms with Gasteiger partial charge in [0, 0.05) is 27.8 Å². The van der Waals surface area contributed by atoms with Crippen LogP contribution in [0, 0.1) is 11.3 Å². The number of nitriles is 1. The first-order valence-corrected chi connectivity index (χ1v) is 19.4. The van der Waals surface area contributed by atoms with E-state index in [9.17, 15) is 5.26 Å². The summed E-state index contributed by atoms with van der Waals surface area (Å²) < 4.78 is 6.81. The zero-order chi connectivity index (χ0) is 38.6. The monoisotopic (exact) mass is 739 g/mol. The van der Waals surface area contributed by atoms with E-state index in [0.717, 1.165) is 73.0 Å². The number of hydrogen-bond acceptors (Lipinski definition) is 4. The molecule has 1 aliphatic carbocycles. The molecule has 1 aliphatic heterocycles. The van der Waals surface area contributed by atoms with Crippen LogP contribution in [0.4, 0.5) is 0 Å². The first-order valence-electron chi connectivity index (χ1n) is 19.4. The van der Waals surface area contributed by atoms with Gasteiger partial charge in [0.05, 0.1) is 28.4 Å². The molecule has 0 bridgehead atoms. The third kappa shape index (κ3) is 5.29. The third-order valence-electron chi connectivity index (χ3n) is 11.6. The van der Waals surface area contributed by atoms with Crippen molar-refractivity contribution in [1.29, 1.82) is 5.26 Å². The highest BCUT2D eigenvalue weighted by Crippen LogP contribution is 2.62. The second kappa shape index (κ2) is 13.4. The van der Waals surface area contributed by atoms with Crippen molar-refractivity contribution < 1.29 is 4.74 Å². The number of aromatic nitrogens is 2. The van der Waals surface area contributed by atoms with Gasteiger partial charge in [0.1, 0.15) is 11.5 Å². The first-order chi connectivity index (χ1) is 28.7. The van der Waals surface area contributed by atoms with Crippen LogP contribution >= 0.6 is 0 Å². The van der Waals surface area contributed by atoms with Gasteiger partial charge in [-0.1, -0.05) is 152 Å². The Morgan fingerprint density at radius 1 is 0.379 bits per heavy atom. The molecule has 0 N–H and O–H groups in total. The lowest BCUT2D eigenvalue weighted by Gasteiger charge is -2.39. The second-order valence-corrected chi connectivity index (χ2v) is 14.8. The minimum atomic E-state index is -0.665. The summed E-state index contributed by atoms with van der Waals surface area (Å²) in [5, 5.41) is 9.29. The molecule has 2 heterocycles. The van der Waals surface area contributed by atoms with Crippen molar-refractivity contribution >= 4 is 0 Å².